The van der Waals surface area contributed by atoms with Crippen molar-refractivity contribution in [2.75, 3.05) is 0 Å². The smallest absolute Gasteiger partial charge is 0.433 e. The van der Waals surface area contributed by atoms with E-state index in [1.807, 2.05) is 0 Å². The van der Waals surface area contributed by atoms with Gasteiger partial charge in [0, 0.05) is 7.05 Å². The summed E-state index contributed by atoms with van der Waals surface area (Å²) in [7, 11) is 1.25. The number of nitrogens with zero attached hydrogens (tertiary/aromatic N) is 2. The Bertz CT molecular complexity index is 456. The summed E-state index contributed by atoms with van der Waals surface area (Å²) in [6.45, 7) is 0. The molecular weight excluding hydrogens is 209 g/mol. The number of furan rings is 1. The van der Waals surface area contributed by atoms with Crippen LogP contribution in [0.4, 0.5) is 13.2 Å². The molecule has 80 valence electrons. The molecule has 0 aliphatic rings. The molecule has 0 N–H and O–H groups in total. The van der Waals surface area contributed by atoms with Crippen molar-refractivity contribution in [3.63, 3.8) is 0 Å². The lowest BCUT2D eigenvalue weighted by Crippen LogP contribution is -2.11. The summed E-state index contributed by atoms with van der Waals surface area (Å²) in [5.41, 5.74) is -0.622. The molecule has 0 saturated carbocycles. The number of halogens is 3. The van der Waals surface area contributed by atoms with E-state index in [1.165, 1.54) is 13.3 Å². The quantitative estimate of drug-likeness (QED) is 0.733. The van der Waals surface area contributed by atoms with Crippen LogP contribution in [0.15, 0.2) is 28.9 Å². The zero-order valence-corrected chi connectivity index (χ0v) is 7.75. The average molecular weight is 216 g/mol. The van der Waals surface area contributed by atoms with E-state index in [2.05, 4.69) is 5.10 Å². The second kappa shape index (κ2) is 3.15. The van der Waals surface area contributed by atoms with Gasteiger partial charge in [-0.15, -0.1) is 0 Å². The molecule has 0 aliphatic carbocycles. The maximum atomic E-state index is 12.4. The Morgan fingerprint density at radius 3 is 2.60 bits per heavy atom. The van der Waals surface area contributed by atoms with Gasteiger partial charge in [-0.3, -0.25) is 4.68 Å². The van der Waals surface area contributed by atoms with Gasteiger partial charge in [-0.2, -0.15) is 18.3 Å². The molecule has 0 aliphatic heterocycles. The minimum atomic E-state index is -4.40. The van der Waals surface area contributed by atoms with Gasteiger partial charge in [0.2, 0.25) is 0 Å². The number of hydrogen-bond acceptors (Lipinski definition) is 2. The lowest BCUT2D eigenvalue weighted by molar-refractivity contribution is -0.143. The van der Waals surface area contributed by atoms with Gasteiger partial charge in [0.15, 0.2) is 5.76 Å². The summed E-state index contributed by atoms with van der Waals surface area (Å²) in [6.07, 6.45) is -3.01. The summed E-state index contributed by atoms with van der Waals surface area (Å²) in [5, 5.41) is 3.72. The van der Waals surface area contributed by atoms with E-state index in [-0.39, 0.29) is 5.69 Å². The first-order chi connectivity index (χ1) is 6.98. The van der Waals surface area contributed by atoms with Gasteiger partial charge in [-0.1, -0.05) is 0 Å². The highest BCUT2D eigenvalue weighted by molar-refractivity contribution is 5.52. The normalized spacial score (nSPS) is 12.0. The summed E-state index contributed by atoms with van der Waals surface area (Å²) in [4.78, 5) is 0. The fourth-order valence-electron chi connectivity index (χ4n) is 1.28. The van der Waals surface area contributed by atoms with Crippen molar-refractivity contribution in [1.82, 2.24) is 9.78 Å². The molecule has 0 bridgehead atoms. The highest BCUT2D eigenvalue weighted by atomic mass is 19.4. The van der Waals surface area contributed by atoms with Crippen molar-refractivity contribution in [3.05, 3.63) is 30.2 Å². The molecule has 2 aromatic rings. The van der Waals surface area contributed by atoms with Crippen molar-refractivity contribution in [2.45, 2.75) is 6.18 Å². The van der Waals surface area contributed by atoms with E-state index < -0.39 is 11.9 Å². The van der Waals surface area contributed by atoms with Crippen LogP contribution >= 0.6 is 0 Å². The summed E-state index contributed by atoms with van der Waals surface area (Å²) < 4.78 is 43.0. The molecule has 2 heterocycles. The number of rotatable bonds is 1. The lowest BCUT2D eigenvalue weighted by atomic mass is 10.3. The summed E-state index contributed by atoms with van der Waals surface area (Å²) >= 11 is 0. The molecule has 0 spiro atoms. The van der Waals surface area contributed by atoms with Crippen LogP contribution in [0.3, 0.4) is 0 Å². The van der Waals surface area contributed by atoms with Gasteiger partial charge in [-0.25, -0.2) is 0 Å². The fraction of sp³-hybridized carbons (Fsp3) is 0.222. The van der Waals surface area contributed by atoms with Gasteiger partial charge in [0.1, 0.15) is 11.4 Å². The van der Waals surface area contributed by atoms with Crippen molar-refractivity contribution < 1.29 is 17.6 Å². The van der Waals surface area contributed by atoms with Crippen molar-refractivity contribution >= 4 is 0 Å². The lowest BCUT2D eigenvalue weighted by Gasteiger charge is -2.04. The Morgan fingerprint density at radius 1 is 1.40 bits per heavy atom. The number of hydrogen-bond donors (Lipinski definition) is 0. The first kappa shape index (κ1) is 9.82. The topological polar surface area (TPSA) is 31.0 Å². The summed E-state index contributed by atoms with van der Waals surface area (Å²) in [5.74, 6) is 0.320. The highest BCUT2D eigenvalue weighted by Crippen LogP contribution is 2.31. The highest BCUT2D eigenvalue weighted by Gasteiger charge is 2.35. The standard InChI is InChI=1S/C9H7F3N2O/c1-14-8(9(10,11)12)5-6(13-14)7-3-2-4-15-7/h2-5H,1H3. The van der Waals surface area contributed by atoms with Crippen LogP contribution in [-0.2, 0) is 13.2 Å². The molecule has 2 aromatic heterocycles. The Morgan fingerprint density at radius 2 is 2.13 bits per heavy atom. The van der Waals surface area contributed by atoms with Crippen LogP contribution in [0.5, 0.6) is 0 Å². The van der Waals surface area contributed by atoms with Crippen LogP contribution in [0.1, 0.15) is 5.69 Å². The van der Waals surface area contributed by atoms with Crippen LogP contribution in [-0.4, -0.2) is 9.78 Å². The van der Waals surface area contributed by atoms with Gasteiger partial charge >= 0.3 is 6.18 Å². The van der Waals surface area contributed by atoms with Gasteiger partial charge in [0.25, 0.3) is 0 Å². The van der Waals surface area contributed by atoms with Crippen LogP contribution in [0.2, 0.25) is 0 Å². The first-order valence-corrected chi connectivity index (χ1v) is 4.13. The maximum absolute atomic E-state index is 12.4. The van der Waals surface area contributed by atoms with E-state index >= 15 is 0 Å². The van der Waals surface area contributed by atoms with Gasteiger partial charge in [0.05, 0.1) is 6.26 Å². The monoisotopic (exact) mass is 216 g/mol. The maximum Gasteiger partial charge on any atom is 0.433 e. The van der Waals surface area contributed by atoms with Crippen molar-refractivity contribution in [2.24, 2.45) is 7.05 Å². The molecule has 0 amide bonds. The molecule has 2 rings (SSSR count). The van der Waals surface area contributed by atoms with E-state index in [4.69, 9.17) is 4.42 Å². The zero-order valence-electron chi connectivity index (χ0n) is 7.75. The zero-order chi connectivity index (χ0) is 11.1. The van der Waals surface area contributed by atoms with Crippen molar-refractivity contribution in [1.29, 1.82) is 0 Å². The van der Waals surface area contributed by atoms with Crippen LogP contribution in [0, 0.1) is 0 Å². The number of aromatic nitrogens is 2. The van der Waals surface area contributed by atoms with Gasteiger partial charge in [-0.05, 0) is 18.2 Å². The molecule has 0 atom stereocenters. The third-order valence-corrected chi connectivity index (χ3v) is 1.94. The predicted molar refractivity (Wildman–Crippen MR) is 45.9 cm³/mol. The Balaban J connectivity index is 2.47. The molecule has 0 fully saturated rings. The largest absolute Gasteiger partial charge is 0.463 e. The third-order valence-electron chi connectivity index (χ3n) is 1.94. The SMILES string of the molecule is Cn1nc(-c2ccco2)cc1C(F)(F)F. The summed E-state index contributed by atoms with van der Waals surface area (Å²) in [6, 6.07) is 4.11. The number of alkyl halides is 3. The minimum absolute atomic E-state index is 0.176. The van der Waals surface area contributed by atoms with E-state index in [0.29, 0.717) is 5.76 Å². The van der Waals surface area contributed by atoms with Gasteiger partial charge < -0.3 is 4.42 Å². The molecule has 0 unspecified atom stereocenters. The third kappa shape index (κ3) is 1.74. The van der Waals surface area contributed by atoms with Crippen molar-refractivity contribution in [3.8, 4) is 11.5 Å². The van der Waals surface area contributed by atoms with E-state index in [0.717, 1.165) is 10.7 Å². The fourth-order valence-corrected chi connectivity index (χ4v) is 1.28. The minimum Gasteiger partial charge on any atom is -0.463 e. The molecule has 3 nitrogen and oxygen atoms in total. The molecule has 6 heteroatoms. The average Bonchev–Trinajstić information content (AvgIpc) is 2.68. The molecule has 15 heavy (non-hydrogen) atoms. The second-order valence-corrected chi connectivity index (χ2v) is 3.01. The molecular formula is C9H7F3N2O. The number of aryl methyl sites for hydroxylation is 1. The molecule has 0 radical (unpaired) electrons. The van der Waals surface area contributed by atoms with Crippen LogP contribution < -0.4 is 0 Å². The molecule has 0 aromatic carbocycles. The second-order valence-electron chi connectivity index (χ2n) is 3.01. The first-order valence-electron chi connectivity index (χ1n) is 4.13. The van der Waals surface area contributed by atoms with E-state index in [1.54, 1.807) is 12.1 Å². The Hall–Kier alpha value is -1.72. The van der Waals surface area contributed by atoms with Crippen LogP contribution in [0.25, 0.3) is 11.5 Å². The molecule has 0 saturated heterocycles. The Kier molecular flexibility index (Phi) is 2.06. The Labute approximate surface area is 83.1 Å². The van der Waals surface area contributed by atoms with E-state index in [9.17, 15) is 13.2 Å². The predicted octanol–water partition coefficient (Wildman–Crippen LogP) is 2.70.